The molecule has 0 saturated carbocycles. The third-order valence-electron chi connectivity index (χ3n) is 5.78. The van der Waals surface area contributed by atoms with E-state index in [1.54, 1.807) is 0 Å². The van der Waals surface area contributed by atoms with E-state index in [0.29, 0.717) is 5.84 Å². The van der Waals surface area contributed by atoms with Crippen LogP contribution in [0.25, 0.3) is 33.1 Å². The van der Waals surface area contributed by atoms with Gasteiger partial charge in [0.25, 0.3) is 0 Å². The Labute approximate surface area is 178 Å². The number of nitrogens with zero attached hydrogens (tertiary/aromatic N) is 6. The monoisotopic (exact) mass is 411 g/mol. The second-order valence-corrected chi connectivity index (χ2v) is 7.81. The number of fused-ring (bicyclic) bond motifs is 2. The lowest BCUT2D eigenvalue weighted by atomic mass is 10.1. The number of hydrogen-bond acceptors (Lipinski definition) is 7. The van der Waals surface area contributed by atoms with Crippen LogP contribution in [0.2, 0.25) is 0 Å². The van der Waals surface area contributed by atoms with Gasteiger partial charge >= 0.3 is 0 Å². The van der Waals surface area contributed by atoms with Gasteiger partial charge in [-0.05, 0) is 29.7 Å². The number of azo groups is 1. The van der Waals surface area contributed by atoms with Crippen LogP contribution in [0.3, 0.4) is 0 Å². The van der Waals surface area contributed by atoms with Gasteiger partial charge in [-0.25, -0.2) is 4.99 Å². The number of morpholine rings is 1. The number of hydrogen-bond donors (Lipinski definition) is 1. The Morgan fingerprint density at radius 2 is 1.90 bits per heavy atom. The van der Waals surface area contributed by atoms with Crippen LogP contribution in [0, 0.1) is 0 Å². The molecule has 0 spiro atoms. The van der Waals surface area contributed by atoms with Crippen molar-refractivity contribution in [3.05, 3.63) is 60.3 Å². The normalized spacial score (nSPS) is 19.4. The number of benzene rings is 2. The zero-order chi connectivity index (χ0) is 20.6. The van der Waals surface area contributed by atoms with Gasteiger partial charge in [-0.15, -0.1) is 5.11 Å². The average molecular weight is 411 g/mol. The van der Waals surface area contributed by atoms with Crippen LogP contribution in [-0.2, 0) is 4.74 Å². The summed E-state index contributed by atoms with van der Waals surface area (Å²) in [5, 5.41) is 19.6. The molecule has 6 rings (SSSR count). The van der Waals surface area contributed by atoms with Crippen LogP contribution >= 0.6 is 0 Å². The Bertz CT molecular complexity index is 1320. The first kappa shape index (κ1) is 18.3. The standard InChI is InChI=1S/C23H21N7O/c1-2-4-17-13-24-20(12-15(17)3-1)22-18-11-16(5-6-19(18)26-28-22)23-25-21(27-29-23)14-30-7-9-31-10-8-30/h1-6,11-13,21H,7-10,14H2,(H,26,28). The summed E-state index contributed by atoms with van der Waals surface area (Å²) in [5.41, 5.74) is 3.54. The van der Waals surface area contributed by atoms with Gasteiger partial charge in [-0.1, -0.05) is 24.3 Å². The van der Waals surface area contributed by atoms with E-state index >= 15 is 0 Å². The van der Waals surface area contributed by atoms with E-state index in [1.165, 1.54) is 0 Å². The SMILES string of the molecule is c1ccc2cc(-c3n[nH]c4ccc(C5=NC(CN6CCOCC6)N=N5)cc34)ncc2c1. The van der Waals surface area contributed by atoms with Crippen molar-refractivity contribution in [3.63, 3.8) is 0 Å². The summed E-state index contributed by atoms with van der Waals surface area (Å²) >= 11 is 0. The fourth-order valence-corrected chi connectivity index (χ4v) is 4.10. The fourth-order valence-electron chi connectivity index (χ4n) is 4.10. The summed E-state index contributed by atoms with van der Waals surface area (Å²) < 4.78 is 5.41. The highest BCUT2D eigenvalue weighted by atomic mass is 16.5. The van der Waals surface area contributed by atoms with Crippen molar-refractivity contribution >= 4 is 27.5 Å². The maximum Gasteiger partial charge on any atom is 0.179 e. The van der Waals surface area contributed by atoms with E-state index in [9.17, 15) is 0 Å². The van der Waals surface area contributed by atoms with Crippen molar-refractivity contribution in [3.8, 4) is 11.4 Å². The van der Waals surface area contributed by atoms with Crippen molar-refractivity contribution in [2.24, 2.45) is 15.2 Å². The van der Waals surface area contributed by atoms with Gasteiger partial charge in [0.1, 0.15) is 5.69 Å². The van der Waals surface area contributed by atoms with Gasteiger partial charge < -0.3 is 4.74 Å². The Balaban J connectivity index is 1.31. The fraction of sp³-hybridized carbons (Fsp3) is 0.261. The third-order valence-corrected chi connectivity index (χ3v) is 5.78. The van der Waals surface area contributed by atoms with Crippen LogP contribution in [0.15, 0.2) is 69.9 Å². The second-order valence-electron chi connectivity index (χ2n) is 7.81. The molecule has 8 heteroatoms. The predicted molar refractivity (Wildman–Crippen MR) is 119 cm³/mol. The molecule has 4 aromatic rings. The number of ether oxygens (including phenoxy) is 1. The van der Waals surface area contributed by atoms with Gasteiger partial charge in [-0.3, -0.25) is 15.0 Å². The Morgan fingerprint density at radius 3 is 2.81 bits per heavy atom. The zero-order valence-electron chi connectivity index (χ0n) is 16.9. The highest BCUT2D eigenvalue weighted by Crippen LogP contribution is 2.28. The lowest BCUT2D eigenvalue weighted by Gasteiger charge is -2.26. The maximum atomic E-state index is 5.41. The lowest BCUT2D eigenvalue weighted by molar-refractivity contribution is 0.0357. The minimum absolute atomic E-state index is 0.158. The molecule has 2 aromatic heterocycles. The van der Waals surface area contributed by atoms with Gasteiger partial charge in [0.15, 0.2) is 12.0 Å². The van der Waals surface area contributed by atoms with Crippen LogP contribution in [-0.4, -0.2) is 64.9 Å². The van der Waals surface area contributed by atoms with E-state index in [4.69, 9.17) is 9.73 Å². The first-order valence-electron chi connectivity index (χ1n) is 10.5. The largest absolute Gasteiger partial charge is 0.379 e. The number of nitrogens with one attached hydrogen (secondary N) is 1. The van der Waals surface area contributed by atoms with Gasteiger partial charge in [-0.2, -0.15) is 10.2 Å². The van der Waals surface area contributed by atoms with Crippen LogP contribution in [0.1, 0.15) is 5.56 Å². The first-order valence-corrected chi connectivity index (χ1v) is 10.5. The first-order chi connectivity index (χ1) is 15.3. The third kappa shape index (κ3) is 3.49. The summed E-state index contributed by atoms with van der Waals surface area (Å²) in [7, 11) is 0. The minimum atomic E-state index is -0.158. The Hall–Kier alpha value is -3.49. The molecule has 2 aromatic carbocycles. The summed E-state index contributed by atoms with van der Waals surface area (Å²) in [4.78, 5) is 11.7. The van der Waals surface area contributed by atoms with Crippen molar-refractivity contribution in [2.45, 2.75) is 6.17 Å². The van der Waals surface area contributed by atoms with E-state index < -0.39 is 0 Å². The number of H-pyrrole nitrogens is 1. The van der Waals surface area contributed by atoms with Crippen LogP contribution in [0.4, 0.5) is 0 Å². The number of rotatable bonds is 4. The molecule has 0 aliphatic carbocycles. The minimum Gasteiger partial charge on any atom is -0.379 e. The summed E-state index contributed by atoms with van der Waals surface area (Å²) in [6.45, 7) is 4.14. The molecule has 2 aliphatic heterocycles. The number of aliphatic imine (C=N–C) groups is 1. The van der Waals surface area contributed by atoms with E-state index in [-0.39, 0.29) is 6.17 Å². The molecule has 8 nitrogen and oxygen atoms in total. The van der Waals surface area contributed by atoms with E-state index in [2.05, 4.69) is 54.6 Å². The predicted octanol–water partition coefficient (Wildman–Crippen LogP) is 3.65. The molecule has 2 aliphatic rings. The maximum absolute atomic E-state index is 5.41. The van der Waals surface area contributed by atoms with Crippen molar-refractivity contribution < 1.29 is 4.74 Å². The van der Waals surface area contributed by atoms with Crippen LogP contribution in [0.5, 0.6) is 0 Å². The smallest absolute Gasteiger partial charge is 0.179 e. The number of aromatic amines is 1. The molecule has 1 N–H and O–H groups in total. The lowest BCUT2D eigenvalue weighted by Crippen LogP contribution is -2.39. The second kappa shape index (κ2) is 7.64. The van der Waals surface area contributed by atoms with Gasteiger partial charge in [0, 0.05) is 42.2 Å². The summed E-state index contributed by atoms with van der Waals surface area (Å²) in [6, 6.07) is 16.4. The quantitative estimate of drug-likeness (QED) is 0.555. The summed E-state index contributed by atoms with van der Waals surface area (Å²) in [6.07, 6.45) is 1.73. The molecule has 1 saturated heterocycles. The molecular formula is C23H21N7O. The van der Waals surface area contributed by atoms with Crippen molar-refractivity contribution in [1.29, 1.82) is 0 Å². The molecule has 4 heterocycles. The Kier molecular flexibility index (Phi) is 4.51. The highest BCUT2D eigenvalue weighted by Gasteiger charge is 2.21. The number of pyridine rings is 1. The van der Waals surface area contributed by atoms with Crippen molar-refractivity contribution in [2.75, 3.05) is 32.8 Å². The molecule has 1 fully saturated rings. The van der Waals surface area contributed by atoms with Crippen LogP contribution < -0.4 is 0 Å². The number of aromatic nitrogens is 3. The molecule has 31 heavy (non-hydrogen) atoms. The topological polar surface area (TPSA) is 91.1 Å². The summed E-state index contributed by atoms with van der Waals surface area (Å²) in [5.74, 6) is 0.666. The molecule has 1 unspecified atom stereocenters. The van der Waals surface area contributed by atoms with Gasteiger partial charge in [0.05, 0.1) is 24.4 Å². The molecule has 0 radical (unpaired) electrons. The Morgan fingerprint density at radius 1 is 1.03 bits per heavy atom. The van der Waals surface area contributed by atoms with Gasteiger partial charge in [0.2, 0.25) is 0 Å². The molecule has 154 valence electrons. The van der Waals surface area contributed by atoms with E-state index in [1.807, 2.05) is 30.5 Å². The molecule has 1 atom stereocenters. The van der Waals surface area contributed by atoms with E-state index in [0.717, 1.165) is 71.5 Å². The molecule has 0 amide bonds. The number of amidine groups is 1. The molecule has 0 bridgehead atoms. The average Bonchev–Trinajstić information content (AvgIpc) is 3.46. The zero-order valence-corrected chi connectivity index (χ0v) is 16.9. The molecular weight excluding hydrogens is 390 g/mol. The highest BCUT2D eigenvalue weighted by molar-refractivity contribution is 6.04. The van der Waals surface area contributed by atoms with Crippen molar-refractivity contribution in [1.82, 2.24) is 20.1 Å².